The van der Waals surface area contributed by atoms with Gasteiger partial charge in [0.1, 0.15) is 17.2 Å². The van der Waals surface area contributed by atoms with Crippen molar-refractivity contribution >= 4 is 0 Å². The molecule has 1 saturated heterocycles. The van der Waals surface area contributed by atoms with Crippen molar-refractivity contribution < 1.29 is 13.9 Å². The fraction of sp³-hybridized carbons (Fsp3) is 0.280. The van der Waals surface area contributed by atoms with E-state index in [1.165, 1.54) is 24.3 Å². The van der Waals surface area contributed by atoms with Crippen LogP contribution in [0.25, 0.3) is 0 Å². The summed E-state index contributed by atoms with van der Waals surface area (Å²) in [5.41, 5.74) is 0.151. The summed E-state index contributed by atoms with van der Waals surface area (Å²) in [4.78, 5) is 2.24. The van der Waals surface area contributed by atoms with Gasteiger partial charge in [0.15, 0.2) is 0 Å². The lowest BCUT2D eigenvalue weighted by Gasteiger charge is -2.45. The number of aliphatic hydroxyl groups is 1. The lowest BCUT2D eigenvalue weighted by atomic mass is 9.76. The third-order valence-corrected chi connectivity index (χ3v) is 5.80. The number of nitrogens with zero attached hydrogens (tertiary/aromatic N) is 1. The monoisotopic (exact) mass is 393 g/mol. The Labute approximate surface area is 170 Å². The lowest BCUT2D eigenvalue weighted by Crippen LogP contribution is -2.47. The van der Waals surface area contributed by atoms with Crippen LogP contribution in [-0.2, 0) is 5.60 Å². The minimum absolute atomic E-state index is 0.419. The Hall–Kier alpha value is -2.56. The van der Waals surface area contributed by atoms with Gasteiger partial charge >= 0.3 is 0 Å². The van der Waals surface area contributed by atoms with Crippen LogP contribution in [0.5, 0.6) is 0 Å². The molecule has 0 aromatic heterocycles. The highest BCUT2D eigenvalue weighted by molar-refractivity contribution is 5.42. The smallest absolute Gasteiger partial charge is 0.134 e. The van der Waals surface area contributed by atoms with Crippen LogP contribution >= 0.6 is 0 Å². The van der Waals surface area contributed by atoms with E-state index >= 15 is 0 Å². The van der Waals surface area contributed by atoms with Crippen molar-refractivity contribution in [2.75, 3.05) is 13.1 Å². The first kappa shape index (κ1) is 19.7. The second-order valence-corrected chi connectivity index (χ2v) is 7.70. The second kappa shape index (κ2) is 8.44. The highest BCUT2D eigenvalue weighted by Crippen LogP contribution is 2.45. The highest BCUT2D eigenvalue weighted by atomic mass is 19.1. The van der Waals surface area contributed by atoms with Crippen molar-refractivity contribution in [1.82, 2.24) is 4.90 Å². The Balaban J connectivity index is 1.95. The largest absolute Gasteiger partial charge is 0.378 e. The molecule has 1 atom stereocenters. The topological polar surface area (TPSA) is 23.5 Å². The van der Waals surface area contributed by atoms with Crippen LogP contribution in [0.4, 0.5) is 8.78 Å². The molecule has 0 spiro atoms. The van der Waals surface area contributed by atoms with Crippen LogP contribution in [0.1, 0.15) is 42.0 Å². The van der Waals surface area contributed by atoms with Gasteiger partial charge in [-0.25, -0.2) is 8.78 Å². The Morgan fingerprint density at radius 3 is 1.79 bits per heavy atom. The zero-order valence-corrected chi connectivity index (χ0v) is 16.3. The number of likely N-dealkylation sites (tertiary alicyclic amines) is 1. The molecule has 29 heavy (non-hydrogen) atoms. The van der Waals surface area contributed by atoms with E-state index in [1.54, 1.807) is 24.3 Å². The molecular formula is C25H25F2NO. The number of hydrogen-bond acceptors (Lipinski definition) is 2. The number of hydrogen-bond donors (Lipinski definition) is 1. The van der Waals surface area contributed by atoms with Crippen molar-refractivity contribution in [3.05, 3.63) is 107 Å². The minimum atomic E-state index is -1.61. The van der Waals surface area contributed by atoms with Gasteiger partial charge in [-0.15, -0.1) is 0 Å². The fourth-order valence-corrected chi connectivity index (χ4v) is 4.46. The Morgan fingerprint density at radius 1 is 0.724 bits per heavy atom. The normalized spacial score (nSPS) is 16.5. The van der Waals surface area contributed by atoms with Gasteiger partial charge in [-0.2, -0.15) is 0 Å². The molecule has 4 heteroatoms. The standard InChI is InChI=1S/C25H25F2NO/c26-22-13-7-11-20(17-22)25(29,21-12-8-14-23(27)18-21)24(19-9-3-1-4-10-19)28-15-5-2-6-16-28/h1,3-4,7-14,17-18,24,29H,2,5-6,15-16H2. The van der Waals surface area contributed by atoms with Gasteiger partial charge in [-0.1, -0.05) is 61.0 Å². The molecule has 1 N–H and O–H groups in total. The molecule has 1 aliphatic heterocycles. The van der Waals surface area contributed by atoms with Crippen molar-refractivity contribution in [3.63, 3.8) is 0 Å². The van der Waals surface area contributed by atoms with Crippen LogP contribution in [0.15, 0.2) is 78.9 Å². The van der Waals surface area contributed by atoms with Gasteiger partial charge in [0.05, 0.1) is 6.04 Å². The SMILES string of the molecule is OC(c1cccc(F)c1)(c1cccc(F)c1)C(c1ccccc1)N1CCCCC1. The van der Waals surface area contributed by atoms with Gasteiger partial charge < -0.3 is 5.11 Å². The number of benzene rings is 3. The van der Waals surface area contributed by atoms with E-state index in [9.17, 15) is 13.9 Å². The Kier molecular flexibility index (Phi) is 5.74. The Bertz CT molecular complexity index is 908. The first-order valence-corrected chi connectivity index (χ1v) is 10.1. The molecule has 0 amide bonds. The van der Waals surface area contributed by atoms with Gasteiger partial charge in [0.25, 0.3) is 0 Å². The third kappa shape index (κ3) is 3.96. The van der Waals surface area contributed by atoms with E-state index in [0.717, 1.165) is 37.9 Å². The lowest BCUT2D eigenvalue weighted by molar-refractivity contribution is -0.0302. The van der Waals surface area contributed by atoms with E-state index in [4.69, 9.17) is 0 Å². The molecule has 1 fully saturated rings. The van der Waals surface area contributed by atoms with Crippen molar-refractivity contribution in [2.24, 2.45) is 0 Å². The summed E-state index contributed by atoms with van der Waals surface area (Å²) in [6.45, 7) is 1.65. The summed E-state index contributed by atoms with van der Waals surface area (Å²) >= 11 is 0. The average Bonchev–Trinajstić information content (AvgIpc) is 2.75. The van der Waals surface area contributed by atoms with Crippen LogP contribution in [0, 0.1) is 11.6 Å². The number of rotatable bonds is 5. The second-order valence-electron chi connectivity index (χ2n) is 7.70. The molecule has 1 unspecified atom stereocenters. The Morgan fingerprint density at radius 2 is 1.28 bits per heavy atom. The summed E-state index contributed by atoms with van der Waals surface area (Å²) < 4.78 is 28.4. The molecule has 150 valence electrons. The molecule has 1 heterocycles. The molecule has 1 aliphatic rings. The zero-order chi connectivity index (χ0) is 20.3. The summed E-state index contributed by atoms with van der Waals surface area (Å²) in [7, 11) is 0. The number of halogens is 2. The summed E-state index contributed by atoms with van der Waals surface area (Å²) in [6.07, 6.45) is 3.22. The molecule has 0 radical (unpaired) electrons. The van der Waals surface area contributed by atoms with E-state index in [-0.39, 0.29) is 0 Å². The van der Waals surface area contributed by atoms with Crippen LogP contribution in [-0.4, -0.2) is 23.1 Å². The quantitative estimate of drug-likeness (QED) is 0.625. The predicted molar refractivity (Wildman–Crippen MR) is 110 cm³/mol. The van der Waals surface area contributed by atoms with E-state index in [0.29, 0.717) is 11.1 Å². The molecule has 3 aromatic carbocycles. The maximum Gasteiger partial charge on any atom is 0.134 e. The predicted octanol–water partition coefficient (Wildman–Crippen LogP) is 5.43. The van der Waals surface area contributed by atoms with E-state index in [2.05, 4.69) is 4.90 Å². The summed E-state index contributed by atoms with van der Waals surface area (Å²) in [5, 5.41) is 12.3. The fourth-order valence-electron chi connectivity index (χ4n) is 4.46. The van der Waals surface area contributed by atoms with Crippen LogP contribution in [0.2, 0.25) is 0 Å². The van der Waals surface area contributed by atoms with E-state index < -0.39 is 23.3 Å². The van der Waals surface area contributed by atoms with Gasteiger partial charge in [0.2, 0.25) is 0 Å². The molecule has 4 rings (SSSR count). The molecule has 0 saturated carbocycles. The molecule has 0 bridgehead atoms. The van der Waals surface area contributed by atoms with E-state index in [1.807, 2.05) is 30.3 Å². The van der Waals surface area contributed by atoms with Crippen molar-refractivity contribution in [1.29, 1.82) is 0 Å². The molecular weight excluding hydrogens is 368 g/mol. The molecule has 3 aromatic rings. The third-order valence-electron chi connectivity index (χ3n) is 5.80. The summed E-state index contributed by atoms with van der Waals surface area (Å²) in [5.74, 6) is -0.856. The van der Waals surface area contributed by atoms with Crippen molar-refractivity contribution in [3.8, 4) is 0 Å². The number of piperidine rings is 1. The maximum absolute atomic E-state index is 14.2. The van der Waals surface area contributed by atoms with Crippen LogP contribution < -0.4 is 0 Å². The average molecular weight is 393 g/mol. The molecule has 2 nitrogen and oxygen atoms in total. The van der Waals surface area contributed by atoms with Gasteiger partial charge in [-0.3, -0.25) is 4.90 Å². The maximum atomic E-state index is 14.2. The first-order valence-electron chi connectivity index (χ1n) is 10.1. The summed E-state index contributed by atoms with van der Waals surface area (Å²) in [6, 6.07) is 21.3. The highest BCUT2D eigenvalue weighted by Gasteiger charge is 2.45. The van der Waals surface area contributed by atoms with Crippen molar-refractivity contribution in [2.45, 2.75) is 30.9 Å². The van der Waals surface area contributed by atoms with Gasteiger partial charge in [0, 0.05) is 0 Å². The first-order chi connectivity index (χ1) is 14.1. The van der Waals surface area contributed by atoms with Gasteiger partial charge in [-0.05, 0) is 66.9 Å². The molecule has 0 aliphatic carbocycles. The van der Waals surface area contributed by atoms with Crippen LogP contribution in [0.3, 0.4) is 0 Å². The zero-order valence-electron chi connectivity index (χ0n) is 16.3. The minimum Gasteiger partial charge on any atom is -0.378 e.